The van der Waals surface area contributed by atoms with Gasteiger partial charge in [-0.15, -0.1) is 0 Å². The van der Waals surface area contributed by atoms with E-state index in [1.54, 1.807) is 0 Å². The van der Waals surface area contributed by atoms with Crippen LogP contribution in [0.3, 0.4) is 0 Å². The highest BCUT2D eigenvalue weighted by Crippen LogP contribution is 2.47. The molecule has 0 atom stereocenters. The predicted octanol–water partition coefficient (Wildman–Crippen LogP) is 4.24. The SMILES string of the molecule is C=C(C)C1CCC2(CC1)CCN(C(C)C)CC2. The van der Waals surface area contributed by atoms with Gasteiger partial charge in [0.25, 0.3) is 0 Å². The molecule has 1 heteroatoms. The van der Waals surface area contributed by atoms with E-state index in [1.165, 1.54) is 57.2 Å². The molecule has 1 aliphatic heterocycles. The molecule has 0 amide bonds. The Labute approximate surface area is 107 Å². The molecule has 0 unspecified atom stereocenters. The van der Waals surface area contributed by atoms with Crippen molar-refractivity contribution in [3.63, 3.8) is 0 Å². The van der Waals surface area contributed by atoms with Crippen LogP contribution < -0.4 is 0 Å². The monoisotopic (exact) mass is 235 g/mol. The maximum absolute atomic E-state index is 4.14. The summed E-state index contributed by atoms with van der Waals surface area (Å²) in [5, 5.41) is 0. The number of nitrogens with zero attached hydrogens (tertiary/aromatic N) is 1. The van der Waals surface area contributed by atoms with Gasteiger partial charge in [-0.3, -0.25) is 0 Å². The molecule has 0 N–H and O–H groups in total. The minimum absolute atomic E-state index is 0.706. The Morgan fingerprint density at radius 2 is 1.65 bits per heavy atom. The van der Waals surface area contributed by atoms with E-state index in [1.807, 2.05) is 0 Å². The van der Waals surface area contributed by atoms with Gasteiger partial charge < -0.3 is 4.90 Å². The van der Waals surface area contributed by atoms with Crippen LogP contribution in [0.25, 0.3) is 0 Å². The summed E-state index contributed by atoms with van der Waals surface area (Å²) < 4.78 is 0. The number of allylic oxidation sites excluding steroid dienone is 1. The molecule has 1 spiro atoms. The highest BCUT2D eigenvalue weighted by atomic mass is 15.2. The van der Waals surface area contributed by atoms with Crippen LogP contribution in [0.4, 0.5) is 0 Å². The second-order valence-electron chi connectivity index (χ2n) is 6.75. The van der Waals surface area contributed by atoms with Crippen molar-refractivity contribution in [3.8, 4) is 0 Å². The fourth-order valence-corrected chi connectivity index (χ4v) is 3.74. The molecule has 1 aliphatic carbocycles. The maximum atomic E-state index is 4.14. The summed E-state index contributed by atoms with van der Waals surface area (Å²) in [7, 11) is 0. The van der Waals surface area contributed by atoms with Gasteiger partial charge in [-0.25, -0.2) is 0 Å². The van der Waals surface area contributed by atoms with Gasteiger partial charge in [0.1, 0.15) is 0 Å². The summed E-state index contributed by atoms with van der Waals surface area (Å²) in [6.45, 7) is 13.7. The predicted molar refractivity (Wildman–Crippen MR) is 75.1 cm³/mol. The fourth-order valence-electron chi connectivity index (χ4n) is 3.74. The normalized spacial score (nSPS) is 26.6. The van der Waals surface area contributed by atoms with Crippen LogP contribution in [0, 0.1) is 11.3 Å². The molecule has 1 saturated carbocycles. The molecule has 2 rings (SSSR count). The number of rotatable bonds is 2. The van der Waals surface area contributed by atoms with Crippen molar-refractivity contribution < 1.29 is 0 Å². The molecule has 98 valence electrons. The third-order valence-electron chi connectivity index (χ3n) is 5.33. The van der Waals surface area contributed by atoms with Gasteiger partial charge in [-0.2, -0.15) is 0 Å². The molecular weight excluding hydrogens is 206 g/mol. The molecule has 0 aromatic carbocycles. The van der Waals surface area contributed by atoms with Crippen LogP contribution in [0.2, 0.25) is 0 Å². The zero-order valence-corrected chi connectivity index (χ0v) is 12.0. The van der Waals surface area contributed by atoms with E-state index in [0.717, 1.165) is 12.0 Å². The zero-order chi connectivity index (χ0) is 12.5. The maximum Gasteiger partial charge on any atom is 0.00385 e. The molecule has 0 radical (unpaired) electrons. The summed E-state index contributed by atoms with van der Waals surface area (Å²) in [6.07, 6.45) is 8.59. The number of piperidine rings is 1. The van der Waals surface area contributed by atoms with E-state index in [2.05, 4.69) is 32.3 Å². The van der Waals surface area contributed by atoms with E-state index in [0.29, 0.717) is 5.41 Å². The van der Waals surface area contributed by atoms with Crippen LogP contribution in [0.15, 0.2) is 12.2 Å². The van der Waals surface area contributed by atoms with Crippen molar-refractivity contribution >= 4 is 0 Å². The topological polar surface area (TPSA) is 3.24 Å². The Morgan fingerprint density at radius 1 is 1.12 bits per heavy atom. The quantitative estimate of drug-likeness (QED) is 0.647. The molecule has 1 nitrogen and oxygen atoms in total. The highest BCUT2D eigenvalue weighted by molar-refractivity contribution is 5.01. The largest absolute Gasteiger partial charge is 0.301 e. The average molecular weight is 235 g/mol. The molecule has 1 heterocycles. The molecule has 2 aliphatic rings. The molecular formula is C16H29N. The molecule has 2 fully saturated rings. The van der Waals surface area contributed by atoms with Crippen LogP contribution in [0.5, 0.6) is 0 Å². The summed E-state index contributed by atoms with van der Waals surface area (Å²) >= 11 is 0. The van der Waals surface area contributed by atoms with E-state index >= 15 is 0 Å². The smallest absolute Gasteiger partial charge is 0.00385 e. The highest BCUT2D eigenvalue weighted by Gasteiger charge is 2.38. The van der Waals surface area contributed by atoms with E-state index in [4.69, 9.17) is 0 Å². The van der Waals surface area contributed by atoms with Gasteiger partial charge in [0.2, 0.25) is 0 Å². The lowest BCUT2D eigenvalue weighted by Crippen LogP contribution is -2.44. The van der Waals surface area contributed by atoms with Crippen molar-refractivity contribution in [2.45, 2.75) is 65.3 Å². The summed E-state index contributed by atoms with van der Waals surface area (Å²) in [5.74, 6) is 0.823. The lowest BCUT2D eigenvalue weighted by Gasteiger charge is -2.47. The van der Waals surface area contributed by atoms with Crippen molar-refractivity contribution in [2.24, 2.45) is 11.3 Å². The van der Waals surface area contributed by atoms with Crippen LogP contribution in [-0.2, 0) is 0 Å². The van der Waals surface area contributed by atoms with Crippen LogP contribution >= 0.6 is 0 Å². The van der Waals surface area contributed by atoms with Gasteiger partial charge >= 0.3 is 0 Å². The first-order valence-electron chi connectivity index (χ1n) is 7.42. The number of hydrogen-bond acceptors (Lipinski definition) is 1. The molecule has 1 saturated heterocycles. The second-order valence-corrected chi connectivity index (χ2v) is 6.75. The third kappa shape index (κ3) is 2.93. The molecule has 0 aromatic heterocycles. The third-order valence-corrected chi connectivity index (χ3v) is 5.33. The van der Waals surface area contributed by atoms with E-state index in [-0.39, 0.29) is 0 Å². The minimum Gasteiger partial charge on any atom is -0.301 e. The Kier molecular flexibility index (Phi) is 3.97. The first kappa shape index (κ1) is 13.1. The van der Waals surface area contributed by atoms with Gasteiger partial charge in [0.15, 0.2) is 0 Å². The second kappa shape index (κ2) is 5.14. The Bertz CT molecular complexity index is 261. The standard InChI is InChI=1S/C16H29N/c1-13(2)15-5-7-16(8-6-15)9-11-17(12-10-16)14(3)4/h14-15H,1,5-12H2,2-4H3. The van der Waals surface area contributed by atoms with Gasteiger partial charge in [-0.05, 0) is 83.7 Å². The number of likely N-dealkylation sites (tertiary alicyclic amines) is 1. The first-order chi connectivity index (χ1) is 8.02. The van der Waals surface area contributed by atoms with Crippen molar-refractivity contribution in [2.75, 3.05) is 13.1 Å². The zero-order valence-electron chi connectivity index (χ0n) is 12.0. The molecule has 0 aromatic rings. The lowest BCUT2D eigenvalue weighted by atomic mass is 9.64. The van der Waals surface area contributed by atoms with Crippen molar-refractivity contribution in [3.05, 3.63) is 12.2 Å². The summed E-state index contributed by atoms with van der Waals surface area (Å²) in [6, 6.07) is 0.735. The summed E-state index contributed by atoms with van der Waals surface area (Å²) in [4.78, 5) is 2.65. The van der Waals surface area contributed by atoms with Gasteiger partial charge in [0, 0.05) is 6.04 Å². The average Bonchev–Trinajstić information content (AvgIpc) is 2.30. The van der Waals surface area contributed by atoms with E-state index < -0.39 is 0 Å². The molecule has 17 heavy (non-hydrogen) atoms. The first-order valence-corrected chi connectivity index (χ1v) is 7.42. The van der Waals surface area contributed by atoms with Crippen molar-refractivity contribution in [1.82, 2.24) is 4.90 Å². The van der Waals surface area contributed by atoms with Gasteiger partial charge in [-0.1, -0.05) is 12.2 Å². The minimum atomic E-state index is 0.706. The van der Waals surface area contributed by atoms with E-state index in [9.17, 15) is 0 Å². The Balaban J connectivity index is 1.86. The summed E-state index contributed by atoms with van der Waals surface area (Å²) in [5.41, 5.74) is 2.12. The number of hydrogen-bond donors (Lipinski definition) is 0. The fraction of sp³-hybridized carbons (Fsp3) is 0.875. The molecule has 0 bridgehead atoms. The van der Waals surface area contributed by atoms with Crippen LogP contribution in [0.1, 0.15) is 59.3 Å². The van der Waals surface area contributed by atoms with Crippen LogP contribution in [-0.4, -0.2) is 24.0 Å². The van der Waals surface area contributed by atoms with Crippen molar-refractivity contribution in [1.29, 1.82) is 0 Å². The Hall–Kier alpha value is -0.300. The lowest BCUT2D eigenvalue weighted by molar-refractivity contribution is 0.0440. The Morgan fingerprint density at radius 3 is 2.06 bits per heavy atom. The van der Waals surface area contributed by atoms with Gasteiger partial charge in [0.05, 0.1) is 0 Å².